The Morgan fingerprint density at radius 2 is 1.64 bits per heavy atom. The molecule has 0 aromatic rings. The minimum Gasteiger partial charge on any atom is -0.344 e. The first-order valence-corrected chi connectivity index (χ1v) is 12.9. The number of piperidine rings is 1. The summed E-state index contributed by atoms with van der Waals surface area (Å²) >= 11 is 0. The minimum atomic E-state index is -0.636. The summed E-state index contributed by atoms with van der Waals surface area (Å²) in [5, 5.41) is 13.4. The Hall–Kier alpha value is -1.67. The van der Waals surface area contributed by atoms with Gasteiger partial charge in [0.15, 0.2) is 0 Å². The molecular formula is C25H44N4O4. The maximum atomic E-state index is 13.5. The summed E-state index contributed by atoms with van der Waals surface area (Å²) in [6.07, 6.45) is 9.95. The van der Waals surface area contributed by atoms with Gasteiger partial charge in [-0.15, -0.1) is 0 Å². The summed E-state index contributed by atoms with van der Waals surface area (Å²) in [6.45, 7) is 9.67. The van der Waals surface area contributed by atoms with Gasteiger partial charge in [0.2, 0.25) is 18.2 Å². The van der Waals surface area contributed by atoms with Crippen LogP contribution in [0.4, 0.5) is 0 Å². The zero-order valence-corrected chi connectivity index (χ0v) is 20.8. The first-order chi connectivity index (χ1) is 15.7. The van der Waals surface area contributed by atoms with E-state index in [-0.39, 0.29) is 18.4 Å². The fourth-order valence-electron chi connectivity index (χ4n) is 5.83. The lowest BCUT2D eigenvalue weighted by atomic mass is 9.84. The van der Waals surface area contributed by atoms with Gasteiger partial charge < -0.3 is 15.1 Å². The van der Waals surface area contributed by atoms with Gasteiger partial charge in [-0.25, -0.2) is 5.06 Å². The Bertz CT molecular complexity index is 660. The Labute approximate surface area is 199 Å². The van der Waals surface area contributed by atoms with Crippen molar-refractivity contribution in [2.24, 2.45) is 17.3 Å². The molecule has 2 N–H and O–H groups in total. The van der Waals surface area contributed by atoms with E-state index in [1.165, 1.54) is 25.9 Å². The molecule has 3 aliphatic rings. The van der Waals surface area contributed by atoms with Crippen LogP contribution in [-0.2, 0) is 14.4 Å². The molecule has 33 heavy (non-hydrogen) atoms. The molecule has 2 heterocycles. The van der Waals surface area contributed by atoms with Crippen LogP contribution in [-0.4, -0.2) is 83.1 Å². The Morgan fingerprint density at radius 1 is 1.03 bits per heavy atom. The predicted molar refractivity (Wildman–Crippen MR) is 126 cm³/mol. The molecule has 0 aromatic heterocycles. The number of amides is 3. The normalized spacial score (nSPS) is 22.8. The fraction of sp³-hybridized carbons (Fsp3) is 0.880. The molecule has 2 saturated heterocycles. The molecule has 3 amide bonds. The van der Waals surface area contributed by atoms with Crippen LogP contribution in [0, 0.1) is 17.3 Å². The van der Waals surface area contributed by atoms with E-state index in [2.05, 4.69) is 10.2 Å². The number of likely N-dealkylation sites (tertiary alicyclic amines) is 2. The minimum absolute atomic E-state index is 0.0217. The Morgan fingerprint density at radius 3 is 2.18 bits per heavy atom. The van der Waals surface area contributed by atoms with Crippen LogP contribution in [0.1, 0.15) is 78.6 Å². The molecular weight excluding hydrogens is 420 g/mol. The summed E-state index contributed by atoms with van der Waals surface area (Å²) < 4.78 is 0. The van der Waals surface area contributed by atoms with Gasteiger partial charge in [-0.1, -0.05) is 46.5 Å². The number of hydrogen-bond donors (Lipinski definition) is 2. The highest BCUT2D eigenvalue weighted by atomic mass is 16.5. The third kappa shape index (κ3) is 7.15. The molecule has 8 nitrogen and oxygen atoms in total. The van der Waals surface area contributed by atoms with E-state index in [9.17, 15) is 19.6 Å². The van der Waals surface area contributed by atoms with Gasteiger partial charge in [0, 0.05) is 19.1 Å². The van der Waals surface area contributed by atoms with E-state index in [1.807, 2.05) is 25.7 Å². The molecule has 1 saturated carbocycles. The number of carbonyl (C=O) groups is 3. The van der Waals surface area contributed by atoms with E-state index in [0.29, 0.717) is 29.9 Å². The van der Waals surface area contributed by atoms with Gasteiger partial charge in [0.25, 0.3) is 0 Å². The topological polar surface area (TPSA) is 93.2 Å². The van der Waals surface area contributed by atoms with Crippen molar-refractivity contribution in [3.8, 4) is 0 Å². The lowest BCUT2D eigenvalue weighted by molar-refractivity contribution is -0.156. The van der Waals surface area contributed by atoms with Crippen LogP contribution < -0.4 is 5.32 Å². The predicted octanol–water partition coefficient (Wildman–Crippen LogP) is 2.65. The van der Waals surface area contributed by atoms with Crippen molar-refractivity contribution in [1.82, 2.24) is 20.2 Å². The summed E-state index contributed by atoms with van der Waals surface area (Å²) in [5.41, 5.74) is -0.444. The highest BCUT2D eigenvalue weighted by molar-refractivity contribution is 5.89. The average Bonchev–Trinajstić information content (AvgIpc) is 3.50. The van der Waals surface area contributed by atoms with Crippen LogP contribution in [0.25, 0.3) is 0 Å². The zero-order chi connectivity index (χ0) is 24.0. The molecule has 3 rings (SSSR count). The maximum Gasteiger partial charge on any atom is 0.245 e. The molecule has 3 fully saturated rings. The van der Waals surface area contributed by atoms with E-state index >= 15 is 0 Å². The van der Waals surface area contributed by atoms with Gasteiger partial charge in [-0.3, -0.25) is 19.6 Å². The molecule has 8 heteroatoms. The van der Waals surface area contributed by atoms with Crippen LogP contribution in [0.15, 0.2) is 0 Å². The third-order valence-corrected chi connectivity index (χ3v) is 7.83. The van der Waals surface area contributed by atoms with Gasteiger partial charge in [-0.2, -0.15) is 0 Å². The van der Waals surface area contributed by atoms with Crippen molar-refractivity contribution in [3.63, 3.8) is 0 Å². The fourth-order valence-corrected chi connectivity index (χ4v) is 5.83. The number of nitrogens with zero attached hydrogens (tertiary/aromatic N) is 3. The average molecular weight is 465 g/mol. The first-order valence-electron chi connectivity index (χ1n) is 12.9. The highest BCUT2D eigenvalue weighted by Crippen LogP contribution is 2.31. The quantitative estimate of drug-likeness (QED) is 0.311. The molecule has 2 atom stereocenters. The van der Waals surface area contributed by atoms with E-state index in [4.69, 9.17) is 0 Å². The standard InChI is InChI=1S/C25H44N4O4/c1-25(2,3)22(24(32)28-14-10-21(11-15-28)27-12-6-7-13-27)26-23(31)20(17-29(33)18-30)16-19-8-4-5-9-19/h18-22,33H,4-17H2,1-3H3,(H,26,31)/t20-,22-/m1/s1. The number of nitrogens with one attached hydrogen (secondary N) is 1. The summed E-state index contributed by atoms with van der Waals surface area (Å²) in [7, 11) is 0. The van der Waals surface area contributed by atoms with Gasteiger partial charge in [-0.05, 0) is 56.5 Å². The second kappa shape index (κ2) is 11.6. The monoisotopic (exact) mass is 464 g/mol. The number of carbonyl (C=O) groups excluding carboxylic acids is 3. The van der Waals surface area contributed by atoms with Crippen LogP contribution in [0.5, 0.6) is 0 Å². The molecule has 0 unspecified atom stereocenters. The molecule has 2 aliphatic heterocycles. The Kier molecular flexibility index (Phi) is 9.16. The van der Waals surface area contributed by atoms with Crippen molar-refractivity contribution in [2.75, 3.05) is 32.7 Å². The van der Waals surface area contributed by atoms with E-state index in [1.54, 1.807) is 0 Å². The number of hydrogen-bond acceptors (Lipinski definition) is 5. The van der Waals surface area contributed by atoms with Crippen molar-refractivity contribution in [3.05, 3.63) is 0 Å². The molecule has 1 aliphatic carbocycles. The summed E-state index contributed by atoms with van der Waals surface area (Å²) in [4.78, 5) is 42.3. The van der Waals surface area contributed by atoms with Gasteiger partial charge >= 0.3 is 0 Å². The van der Waals surface area contributed by atoms with Crippen LogP contribution >= 0.6 is 0 Å². The zero-order valence-electron chi connectivity index (χ0n) is 20.8. The van der Waals surface area contributed by atoms with Crippen molar-refractivity contribution in [2.45, 2.75) is 90.6 Å². The lowest BCUT2D eigenvalue weighted by Crippen LogP contribution is -2.58. The second-order valence-electron chi connectivity index (χ2n) is 11.4. The van der Waals surface area contributed by atoms with E-state index < -0.39 is 17.4 Å². The largest absolute Gasteiger partial charge is 0.344 e. The van der Waals surface area contributed by atoms with E-state index in [0.717, 1.165) is 51.6 Å². The molecule has 0 bridgehead atoms. The van der Waals surface area contributed by atoms with Crippen molar-refractivity contribution < 1.29 is 19.6 Å². The smallest absolute Gasteiger partial charge is 0.245 e. The number of hydroxylamine groups is 2. The van der Waals surface area contributed by atoms with Crippen LogP contribution in [0.2, 0.25) is 0 Å². The lowest BCUT2D eigenvalue weighted by Gasteiger charge is -2.40. The third-order valence-electron chi connectivity index (χ3n) is 7.83. The maximum absolute atomic E-state index is 13.5. The summed E-state index contributed by atoms with van der Waals surface area (Å²) in [5.74, 6) is -0.370. The molecule has 0 radical (unpaired) electrons. The molecule has 0 spiro atoms. The Balaban J connectivity index is 1.63. The second-order valence-corrected chi connectivity index (χ2v) is 11.4. The van der Waals surface area contributed by atoms with Crippen molar-refractivity contribution >= 4 is 18.2 Å². The van der Waals surface area contributed by atoms with Gasteiger partial charge in [0.05, 0.1) is 12.5 Å². The SMILES string of the molecule is CC(C)(C)[C@H](NC(=O)[C@H](CC1CCCC1)CN(O)C=O)C(=O)N1CCC(N2CCCC2)CC1. The highest BCUT2D eigenvalue weighted by Gasteiger charge is 2.39. The summed E-state index contributed by atoms with van der Waals surface area (Å²) in [6, 6.07) is -0.0725. The first kappa shape index (κ1) is 25.9. The van der Waals surface area contributed by atoms with Crippen LogP contribution in [0.3, 0.4) is 0 Å². The van der Waals surface area contributed by atoms with Gasteiger partial charge in [0.1, 0.15) is 6.04 Å². The molecule has 188 valence electrons. The number of rotatable bonds is 9. The molecule has 0 aromatic carbocycles. The van der Waals surface area contributed by atoms with Crippen molar-refractivity contribution in [1.29, 1.82) is 0 Å².